The molecule has 3 aromatic rings. The summed E-state index contributed by atoms with van der Waals surface area (Å²) in [5, 5.41) is 6.33. The van der Waals surface area contributed by atoms with Crippen LogP contribution in [-0.2, 0) is 22.4 Å². The fourth-order valence-electron chi connectivity index (χ4n) is 5.36. The summed E-state index contributed by atoms with van der Waals surface area (Å²) in [6.07, 6.45) is 7.68. The molecule has 0 atom stereocenters. The zero-order chi connectivity index (χ0) is 24.6. The molecule has 5 rings (SSSR count). The fourth-order valence-corrected chi connectivity index (χ4v) is 5.36. The lowest BCUT2D eigenvalue weighted by Crippen LogP contribution is -2.41. The van der Waals surface area contributed by atoms with Gasteiger partial charge in [-0.25, -0.2) is 4.79 Å². The number of carbonyl (C=O) groups is 2. The molecule has 0 bridgehead atoms. The summed E-state index contributed by atoms with van der Waals surface area (Å²) in [4.78, 5) is 36.7. The molecule has 2 aliphatic rings. The second-order valence-electron chi connectivity index (χ2n) is 9.78. The Morgan fingerprint density at radius 1 is 0.971 bits per heavy atom. The van der Waals surface area contributed by atoms with Crippen molar-refractivity contribution in [2.24, 2.45) is 0 Å². The van der Waals surface area contributed by atoms with Crippen LogP contribution in [0.2, 0.25) is 0 Å². The number of hydrogen-bond acceptors (Lipinski definition) is 5. The van der Waals surface area contributed by atoms with E-state index in [1.54, 1.807) is 24.3 Å². The predicted octanol–water partition coefficient (Wildman–Crippen LogP) is 5.27. The van der Waals surface area contributed by atoms with Crippen molar-refractivity contribution in [2.45, 2.75) is 70.8 Å². The summed E-state index contributed by atoms with van der Waals surface area (Å²) in [6.45, 7) is 3.30. The maximum absolute atomic E-state index is 12.8. The molecule has 2 N–H and O–H groups in total. The fraction of sp³-hybridized carbons (Fsp3) is 0.393. The number of fused-ring (bicyclic) bond motifs is 2. The molecule has 1 spiro atoms. The van der Waals surface area contributed by atoms with Gasteiger partial charge >= 0.3 is 5.63 Å². The van der Waals surface area contributed by atoms with Crippen molar-refractivity contribution < 1.29 is 18.7 Å². The van der Waals surface area contributed by atoms with Gasteiger partial charge in [0.05, 0.1) is 12.0 Å². The molecule has 182 valence electrons. The number of nitrogens with one attached hydrogen (secondary N) is 2. The van der Waals surface area contributed by atoms with Crippen LogP contribution in [0.25, 0.3) is 11.0 Å². The first-order valence-corrected chi connectivity index (χ1v) is 12.3. The number of aryl methyl sites for hydroxylation is 2. The molecule has 1 saturated carbocycles. The summed E-state index contributed by atoms with van der Waals surface area (Å²) < 4.78 is 12.2. The van der Waals surface area contributed by atoms with Gasteiger partial charge in [-0.2, -0.15) is 0 Å². The van der Waals surface area contributed by atoms with Crippen LogP contribution in [-0.4, -0.2) is 17.4 Å². The first kappa shape index (κ1) is 23.1. The molecule has 2 heterocycles. The number of anilines is 2. The molecule has 0 radical (unpaired) electrons. The summed E-state index contributed by atoms with van der Waals surface area (Å²) in [6, 6.07) is 10.7. The molecule has 1 aliphatic carbocycles. The zero-order valence-corrected chi connectivity index (χ0v) is 20.2. The van der Waals surface area contributed by atoms with Crippen molar-refractivity contribution in [2.75, 3.05) is 10.6 Å². The second kappa shape index (κ2) is 9.21. The van der Waals surface area contributed by atoms with Crippen LogP contribution in [0.3, 0.4) is 0 Å². The minimum absolute atomic E-state index is 0.0768. The highest BCUT2D eigenvalue weighted by Gasteiger charge is 2.37. The first-order valence-electron chi connectivity index (χ1n) is 12.3. The van der Waals surface area contributed by atoms with Crippen molar-refractivity contribution in [1.82, 2.24) is 0 Å². The standard InChI is InChI=1S/C28H30N2O5/c1-17-22-14-19-10-13-28(11-4-3-5-12-28)35-24(19)16-25(22)34-27(33)23(17)15-26(32)30-21-8-6-20(7-9-21)29-18(2)31/h6-9,14,16H,3-5,10-13,15H2,1-2H3,(H,29,31)(H,30,32). The van der Waals surface area contributed by atoms with Crippen LogP contribution in [0.1, 0.15) is 62.1 Å². The second-order valence-corrected chi connectivity index (χ2v) is 9.78. The Balaban J connectivity index is 1.36. The Morgan fingerprint density at radius 3 is 2.34 bits per heavy atom. The zero-order valence-electron chi connectivity index (χ0n) is 20.2. The van der Waals surface area contributed by atoms with Gasteiger partial charge in [0.2, 0.25) is 11.8 Å². The largest absolute Gasteiger partial charge is 0.487 e. The normalized spacial score (nSPS) is 16.4. The molecule has 0 unspecified atom stereocenters. The highest BCUT2D eigenvalue weighted by molar-refractivity contribution is 5.94. The lowest BCUT2D eigenvalue weighted by molar-refractivity contribution is -0.116. The summed E-state index contributed by atoms with van der Waals surface area (Å²) in [7, 11) is 0. The summed E-state index contributed by atoms with van der Waals surface area (Å²) in [5.74, 6) is 0.343. The maximum Gasteiger partial charge on any atom is 0.340 e. The van der Waals surface area contributed by atoms with Crippen LogP contribution in [0.4, 0.5) is 11.4 Å². The van der Waals surface area contributed by atoms with E-state index in [9.17, 15) is 14.4 Å². The monoisotopic (exact) mass is 474 g/mol. The molecule has 1 aromatic heterocycles. The number of carbonyl (C=O) groups excluding carboxylic acids is 2. The van der Waals surface area contributed by atoms with Gasteiger partial charge in [-0.1, -0.05) is 6.42 Å². The van der Waals surface area contributed by atoms with E-state index in [0.29, 0.717) is 22.5 Å². The van der Waals surface area contributed by atoms with Gasteiger partial charge in [-0.3, -0.25) is 9.59 Å². The molecule has 7 heteroatoms. The topological polar surface area (TPSA) is 97.6 Å². The van der Waals surface area contributed by atoms with Gasteiger partial charge in [0.25, 0.3) is 0 Å². The Hall–Kier alpha value is -3.61. The molecule has 0 saturated heterocycles. The van der Waals surface area contributed by atoms with E-state index >= 15 is 0 Å². The lowest BCUT2D eigenvalue weighted by Gasteiger charge is -2.41. The molecule has 7 nitrogen and oxygen atoms in total. The maximum atomic E-state index is 12.8. The summed E-state index contributed by atoms with van der Waals surface area (Å²) >= 11 is 0. The Kier molecular flexibility index (Phi) is 6.09. The van der Waals surface area contributed by atoms with Gasteiger partial charge in [0, 0.05) is 29.8 Å². The van der Waals surface area contributed by atoms with Gasteiger partial charge in [0.15, 0.2) is 0 Å². The molecule has 2 amide bonds. The lowest BCUT2D eigenvalue weighted by atomic mass is 9.79. The minimum atomic E-state index is -0.505. The van der Waals surface area contributed by atoms with E-state index in [1.165, 1.54) is 26.2 Å². The molecular formula is C28H30N2O5. The van der Waals surface area contributed by atoms with Crippen molar-refractivity contribution in [3.63, 3.8) is 0 Å². The van der Waals surface area contributed by atoms with Crippen molar-refractivity contribution in [3.05, 3.63) is 63.5 Å². The third-order valence-corrected chi connectivity index (χ3v) is 7.24. The molecule has 2 aromatic carbocycles. The van der Waals surface area contributed by atoms with Gasteiger partial charge in [-0.05, 0) is 86.9 Å². The predicted molar refractivity (Wildman–Crippen MR) is 135 cm³/mol. The van der Waals surface area contributed by atoms with E-state index in [1.807, 2.05) is 13.0 Å². The Bertz CT molecular complexity index is 1350. The van der Waals surface area contributed by atoms with Gasteiger partial charge in [0.1, 0.15) is 16.9 Å². The minimum Gasteiger partial charge on any atom is -0.487 e. The van der Waals surface area contributed by atoms with Crippen molar-refractivity contribution in [3.8, 4) is 5.75 Å². The number of ether oxygens (including phenoxy) is 1. The van der Waals surface area contributed by atoms with Crippen LogP contribution >= 0.6 is 0 Å². The van der Waals surface area contributed by atoms with E-state index in [-0.39, 0.29) is 23.8 Å². The molecule has 1 aliphatic heterocycles. The van der Waals surface area contributed by atoms with Gasteiger partial charge < -0.3 is 19.8 Å². The van der Waals surface area contributed by atoms with Crippen molar-refractivity contribution in [1.29, 1.82) is 0 Å². The third kappa shape index (κ3) is 4.81. The smallest absolute Gasteiger partial charge is 0.340 e. The quantitative estimate of drug-likeness (QED) is 0.502. The van der Waals surface area contributed by atoms with E-state index in [2.05, 4.69) is 16.7 Å². The number of rotatable bonds is 4. The SMILES string of the molecule is CC(=O)Nc1ccc(NC(=O)Cc2c(C)c3cc4c(cc3oc2=O)OC2(CCCCC2)CC4)cc1. The van der Waals surface area contributed by atoms with Crippen molar-refractivity contribution >= 4 is 34.2 Å². The van der Waals surface area contributed by atoms with Crippen LogP contribution < -0.4 is 21.0 Å². The third-order valence-electron chi connectivity index (χ3n) is 7.24. The van der Waals surface area contributed by atoms with E-state index in [0.717, 1.165) is 47.9 Å². The number of amides is 2. The molecular weight excluding hydrogens is 444 g/mol. The molecule has 35 heavy (non-hydrogen) atoms. The van der Waals surface area contributed by atoms with E-state index in [4.69, 9.17) is 9.15 Å². The van der Waals surface area contributed by atoms with Crippen LogP contribution in [0, 0.1) is 6.92 Å². The Labute approximate surface area is 203 Å². The number of hydrogen-bond donors (Lipinski definition) is 2. The highest BCUT2D eigenvalue weighted by Crippen LogP contribution is 2.43. The van der Waals surface area contributed by atoms with E-state index < -0.39 is 5.63 Å². The molecule has 1 fully saturated rings. The summed E-state index contributed by atoms with van der Waals surface area (Å²) in [5.41, 5.74) is 3.37. The van der Waals surface area contributed by atoms with Crippen LogP contribution in [0.15, 0.2) is 45.6 Å². The first-order chi connectivity index (χ1) is 16.8. The van der Waals surface area contributed by atoms with Gasteiger partial charge in [-0.15, -0.1) is 0 Å². The average molecular weight is 475 g/mol. The average Bonchev–Trinajstić information content (AvgIpc) is 2.82. The van der Waals surface area contributed by atoms with Crippen LogP contribution in [0.5, 0.6) is 5.75 Å². The highest BCUT2D eigenvalue weighted by atomic mass is 16.5. The number of benzene rings is 2. The Morgan fingerprint density at radius 2 is 1.66 bits per heavy atom.